The predicted molar refractivity (Wildman–Crippen MR) is 51.7 cm³/mol. The van der Waals surface area contributed by atoms with Gasteiger partial charge in [-0.15, -0.1) is 0 Å². The summed E-state index contributed by atoms with van der Waals surface area (Å²) in [6.07, 6.45) is 5.15. The van der Waals surface area contributed by atoms with E-state index in [9.17, 15) is 4.79 Å². The van der Waals surface area contributed by atoms with Gasteiger partial charge in [0.1, 0.15) is 0 Å². The maximum Gasteiger partial charge on any atom is 0.329 e. The molecule has 1 aromatic heterocycles. The van der Waals surface area contributed by atoms with Gasteiger partial charge in [0.05, 0.1) is 5.69 Å². The second-order valence-corrected chi connectivity index (χ2v) is 2.86. The van der Waals surface area contributed by atoms with Crippen LogP contribution in [0.5, 0.6) is 0 Å². The minimum atomic E-state index is -0.949. The molecule has 0 saturated carbocycles. The molecular weight excluding hydrogens is 182 g/mol. The molecule has 0 bridgehead atoms. The van der Waals surface area contributed by atoms with Gasteiger partial charge in [0.15, 0.2) is 0 Å². The van der Waals surface area contributed by atoms with Crippen molar-refractivity contribution in [3.05, 3.63) is 30.2 Å². The molecule has 5 heteroatoms. The number of nitrogens with one attached hydrogen (secondary N) is 1. The Bertz CT molecular complexity index is 331. The van der Waals surface area contributed by atoms with E-state index in [1.54, 1.807) is 4.68 Å². The van der Waals surface area contributed by atoms with Crippen LogP contribution in [0.3, 0.4) is 0 Å². The van der Waals surface area contributed by atoms with Crippen molar-refractivity contribution < 1.29 is 9.90 Å². The molecular formula is C9H13N3O2. The summed E-state index contributed by atoms with van der Waals surface area (Å²) in [5.41, 5.74) is 0.990. The van der Waals surface area contributed by atoms with E-state index in [-0.39, 0.29) is 0 Å². The number of hydrogen-bond acceptors (Lipinski definition) is 3. The summed E-state index contributed by atoms with van der Waals surface area (Å²) in [6.45, 7) is 0.681. The monoisotopic (exact) mass is 195 g/mol. The second-order valence-electron chi connectivity index (χ2n) is 2.86. The van der Waals surface area contributed by atoms with Gasteiger partial charge in [-0.25, -0.2) is 4.79 Å². The normalized spacial score (nSPS) is 10.6. The maximum atomic E-state index is 10.1. The zero-order chi connectivity index (χ0) is 10.4. The molecule has 0 fully saturated rings. The number of carbonyl (C=O) groups is 1. The number of carboxylic acids is 1. The first-order valence-corrected chi connectivity index (χ1v) is 4.30. The van der Waals surface area contributed by atoms with E-state index >= 15 is 0 Å². The van der Waals surface area contributed by atoms with Gasteiger partial charge in [0.2, 0.25) is 0 Å². The highest BCUT2D eigenvalue weighted by Crippen LogP contribution is 1.93. The van der Waals surface area contributed by atoms with Crippen molar-refractivity contribution in [2.75, 3.05) is 6.54 Å². The van der Waals surface area contributed by atoms with E-state index in [4.69, 9.17) is 5.11 Å². The van der Waals surface area contributed by atoms with Crippen LogP contribution in [0.4, 0.5) is 0 Å². The molecule has 0 saturated heterocycles. The Kier molecular flexibility index (Phi) is 3.72. The van der Waals surface area contributed by atoms with Crippen LogP contribution in [0, 0.1) is 0 Å². The van der Waals surface area contributed by atoms with E-state index in [0.29, 0.717) is 6.54 Å². The Labute approximate surface area is 82.0 Å². The number of nitrogens with zero attached hydrogens (tertiary/aromatic N) is 2. The Morgan fingerprint density at radius 3 is 3.14 bits per heavy atom. The van der Waals surface area contributed by atoms with E-state index in [1.807, 2.05) is 19.3 Å². The average molecular weight is 195 g/mol. The van der Waals surface area contributed by atoms with E-state index in [1.165, 1.54) is 6.20 Å². The summed E-state index contributed by atoms with van der Waals surface area (Å²) in [5, 5.41) is 15.3. The molecule has 0 aliphatic carbocycles. The lowest BCUT2D eigenvalue weighted by Crippen LogP contribution is -2.10. The third-order valence-electron chi connectivity index (χ3n) is 1.64. The van der Waals surface area contributed by atoms with Crippen molar-refractivity contribution in [1.82, 2.24) is 15.1 Å². The number of aryl methyl sites for hydroxylation is 1. The maximum absolute atomic E-state index is 10.1. The zero-order valence-corrected chi connectivity index (χ0v) is 7.97. The molecule has 0 unspecified atom stereocenters. The highest BCUT2D eigenvalue weighted by atomic mass is 16.4. The second kappa shape index (κ2) is 5.06. The lowest BCUT2D eigenvalue weighted by Gasteiger charge is -1.96. The van der Waals surface area contributed by atoms with Gasteiger partial charge in [-0.2, -0.15) is 5.10 Å². The van der Waals surface area contributed by atoms with Crippen molar-refractivity contribution in [2.24, 2.45) is 7.05 Å². The lowest BCUT2D eigenvalue weighted by atomic mass is 10.3. The lowest BCUT2D eigenvalue weighted by molar-refractivity contribution is -0.131. The van der Waals surface area contributed by atoms with Gasteiger partial charge < -0.3 is 10.4 Å². The fraction of sp³-hybridized carbons (Fsp3) is 0.333. The third-order valence-corrected chi connectivity index (χ3v) is 1.64. The van der Waals surface area contributed by atoms with Gasteiger partial charge in [0, 0.05) is 38.5 Å². The molecule has 2 N–H and O–H groups in total. The predicted octanol–water partition coefficient (Wildman–Crippen LogP) is 0.150. The van der Waals surface area contributed by atoms with Gasteiger partial charge in [-0.3, -0.25) is 4.68 Å². The molecule has 1 heterocycles. The van der Waals surface area contributed by atoms with Crippen molar-refractivity contribution >= 4 is 5.97 Å². The molecule has 1 rings (SSSR count). The minimum absolute atomic E-state index is 0.681. The number of rotatable bonds is 5. The van der Waals surface area contributed by atoms with Gasteiger partial charge in [-0.05, 0) is 6.07 Å². The highest BCUT2D eigenvalue weighted by molar-refractivity contribution is 5.79. The van der Waals surface area contributed by atoms with Gasteiger partial charge in [0.25, 0.3) is 0 Å². The van der Waals surface area contributed by atoms with Crippen molar-refractivity contribution in [2.45, 2.75) is 6.42 Å². The number of aromatic nitrogens is 2. The van der Waals surface area contributed by atoms with Gasteiger partial charge >= 0.3 is 5.97 Å². The van der Waals surface area contributed by atoms with Crippen molar-refractivity contribution in [3.63, 3.8) is 0 Å². The van der Waals surface area contributed by atoms with Crippen LogP contribution in [-0.2, 0) is 18.3 Å². The Balaban J connectivity index is 2.19. The molecule has 1 aromatic rings. The minimum Gasteiger partial charge on any atom is -0.478 e. The Hall–Kier alpha value is -1.78. The summed E-state index contributed by atoms with van der Waals surface area (Å²) < 4.78 is 1.74. The third kappa shape index (κ3) is 3.75. The van der Waals surface area contributed by atoms with Crippen LogP contribution < -0.4 is 5.32 Å². The fourth-order valence-electron chi connectivity index (χ4n) is 1.01. The number of aliphatic carboxylic acids is 1. The fourth-order valence-corrected chi connectivity index (χ4v) is 1.01. The van der Waals surface area contributed by atoms with Crippen molar-refractivity contribution in [1.29, 1.82) is 0 Å². The van der Waals surface area contributed by atoms with Crippen LogP contribution in [0.1, 0.15) is 5.69 Å². The van der Waals surface area contributed by atoms with E-state index < -0.39 is 5.97 Å². The topological polar surface area (TPSA) is 67.2 Å². The first-order chi connectivity index (χ1) is 6.68. The molecule has 0 aliphatic heterocycles. The highest BCUT2D eigenvalue weighted by Gasteiger charge is 1.94. The molecule has 0 aromatic carbocycles. The SMILES string of the molecule is Cn1ccc(CCN/C=C/C(=O)O)n1. The quantitative estimate of drug-likeness (QED) is 0.518. The first-order valence-electron chi connectivity index (χ1n) is 4.30. The summed E-state index contributed by atoms with van der Waals surface area (Å²) in [4.78, 5) is 10.1. The Morgan fingerprint density at radius 1 is 1.79 bits per heavy atom. The summed E-state index contributed by atoms with van der Waals surface area (Å²) in [5.74, 6) is -0.949. The standard InChI is InChI=1S/C9H13N3O2/c1-12-7-4-8(11-12)2-5-10-6-3-9(13)14/h3-4,6-7,10H,2,5H2,1H3,(H,13,14)/b6-3+. The van der Waals surface area contributed by atoms with E-state index in [2.05, 4.69) is 10.4 Å². The van der Waals surface area contributed by atoms with E-state index in [0.717, 1.165) is 18.2 Å². The molecule has 0 spiro atoms. The molecule has 14 heavy (non-hydrogen) atoms. The molecule has 0 amide bonds. The van der Waals surface area contributed by atoms with Crippen LogP contribution in [0.2, 0.25) is 0 Å². The van der Waals surface area contributed by atoms with Crippen LogP contribution in [0.25, 0.3) is 0 Å². The average Bonchev–Trinajstić information content (AvgIpc) is 2.50. The molecule has 0 radical (unpaired) electrons. The molecule has 5 nitrogen and oxygen atoms in total. The van der Waals surface area contributed by atoms with Crippen LogP contribution in [-0.4, -0.2) is 27.4 Å². The number of hydrogen-bond donors (Lipinski definition) is 2. The smallest absolute Gasteiger partial charge is 0.329 e. The Morgan fingerprint density at radius 2 is 2.57 bits per heavy atom. The molecule has 76 valence electrons. The van der Waals surface area contributed by atoms with Gasteiger partial charge in [-0.1, -0.05) is 0 Å². The summed E-state index contributed by atoms with van der Waals surface area (Å²) >= 11 is 0. The molecule has 0 aliphatic rings. The largest absolute Gasteiger partial charge is 0.478 e. The number of carboxylic acid groups (broad SMARTS) is 1. The summed E-state index contributed by atoms with van der Waals surface area (Å²) in [6, 6.07) is 1.93. The molecule has 0 atom stereocenters. The van der Waals surface area contributed by atoms with Crippen LogP contribution in [0.15, 0.2) is 24.5 Å². The van der Waals surface area contributed by atoms with Crippen molar-refractivity contribution in [3.8, 4) is 0 Å². The zero-order valence-electron chi connectivity index (χ0n) is 7.97. The van der Waals surface area contributed by atoms with Crippen LogP contribution >= 0.6 is 0 Å². The first kappa shape index (κ1) is 10.3. The summed E-state index contributed by atoms with van der Waals surface area (Å²) in [7, 11) is 1.86.